The van der Waals surface area contributed by atoms with E-state index in [0.29, 0.717) is 5.92 Å². The lowest BCUT2D eigenvalue weighted by Gasteiger charge is -2.39. The van der Waals surface area contributed by atoms with Crippen LogP contribution in [0, 0.1) is 5.92 Å². The average molecular weight is 262 g/mol. The molecule has 2 aliphatic heterocycles. The van der Waals surface area contributed by atoms with E-state index >= 15 is 0 Å². The Morgan fingerprint density at radius 1 is 1.53 bits per heavy atom. The predicted octanol–water partition coefficient (Wildman–Crippen LogP) is 2.06. The van der Waals surface area contributed by atoms with Crippen molar-refractivity contribution >= 4 is 5.91 Å². The van der Waals surface area contributed by atoms with E-state index in [1.165, 1.54) is 0 Å². The van der Waals surface area contributed by atoms with E-state index < -0.39 is 0 Å². The van der Waals surface area contributed by atoms with E-state index in [0.717, 1.165) is 44.7 Å². The number of hydrogen-bond donors (Lipinski definition) is 0. The minimum absolute atomic E-state index is 0.0709. The monoisotopic (exact) mass is 262 g/mol. The molecule has 2 fully saturated rings. The molecule has 19 heavy (non-hydrogen) atoms. The van der Waals surface area contributed by atoms with Gasteiger partial charge in [-0.25, -0.2) is 0 Å². The number of rotatable bonds is 1. The SMILES string of the molecule is C[C@@H]1CO[C@]2(CCCN(C(=O)c3cccn3C)C2)C1. The Bertz CT molecular complexity index is 478. The van der Waals surface area contributed by atoms with Crippen LogP contribution >= 0.6 is 0 Å². The van der Waals surface area contributed by atoms with Crippen molar-refractivity contribution in [3.05, 3.63) is 24.0 Å². The molecule has 0 radical (unpaired) electrons. The number of nitrogens with zero attached hydrogens (tertiary/aromatic N) is 2. The van der Waals surface area contributed by atoms with Gasteiger partial charge in [-0.15, -0.1) is 0 Å². The number of ether oxygens (including phenoxy) is 1. The van der Waals surface area contributed by atoms with Crippen LogP contribution in [0.4, 0.5) is 0 Å². The first-order valence-corrected chi connectivity index (χ1v) is 7.14. The Kier molecular flexibility index (Phi) is 3.13. The van der Waals surface area contributed by atoms with Crippen LogP contribution in [0.3, 0.4) is 0 Å². The van der Waals surface area contributed by atoms with Gasteiger partial charge in [0.15, 0.2) is 0 Å². The van der Waals surface area contributed by atoms with Crippen molar-refractivity contribution in [2.75, 3.05) is 19.7 Å². The molecule has 0 bridgehead atoms. The van der Waals surface area contributed by atoms with Crippen LogP contribution in [0.1, 0.15) is 36.7 Å². The summed E-state index contributed by atoms with van der Waals surface area (Å²) in [6, 6.07) is 3.81. The van der Waals surface area contributed by atoms with Gasteiger partial charge < -0.3 is 14.2 Å². The molecular formula is C15H22N2O2. The van der Waals surface area contributed by atoms with E-state index in [9.17, 15) is 4.79 Å². The summed E-state index contributed by atoms with van der Waals surface area (Å²) in [7, 11) is 1.92. The van der Waals surface area contributed by atoms with Gasteiger partial charge in [-0.1, -0.05) is 6.92 Å². The quantitative estimate of drug-likeness (QED) is 0.776. The summed E-state index contributed by atoms with van der Waals surface area (Å²) in [5.74, 6) is 0.750. The zero-order chi connectivity index (χ0) is 13.5. The molecule has 0 unspecified atom stereocenters. The second-order valence-corrected chi connectivity index (χ2v) is 6.14. The average Bonchev–Trinajstić information content (AvgIpc) is 2.96. The molecule has 1 spiro atoms. The second-order valence-electron chi connectivity index (χ2n) is 6.14. The maximum Gasteiger partial charge on any atom is 0.270 e. The molecule has 104 valence electrons. The lowest BCUT2D eigenvalue weighted by molar-refractivity contribution is -0.0451. The molecule has 2 atom stereocenters. The highest BCUT2D eigenvalue weighted by Crippen LogP contribution is 2.37. The standard InChI is InChI=1S/C15H22N2O2/c1-12-9-15(19-10-12)6-4-8-17(11-15)14(18)13-5-3-7-16(13)2/h3,5,7,12H,4,6,8-11H2,1-2H3/t12-,15+/m0/s1. The van der Waals surface area contributed by atoms with Gasteiger partial charge >= 0.3 is 0 Å². The Morgan fingerprint density at radius 2 is 2.37 bits per heavy atom. The number of aromatic nitrogens is 1. The van der Waals surface area contributed by atoms with Crippen molar-refractivity contribution < 1.29 is 9.53 Å². The molecule has 0 N–H and O–H groups in total. The number of hydrogen-bond acceptors (Lipinski definition) is 2. The van der Waals surface area contributed by atoms with Crippen molar-refractivity contribution in [2.45, 2.75) is 31.8 Å². The van der Waals surface area contributed by atoms with E-state index in [-0.39, 0.29) is 11.5 Å². The minimum atomic E-state index is -0.0709. The first-order valence-electron chi connectivity index (χ1n) is 7.14. The predicted molar refractivity (Wildman–Crippen MR) is 73.0 cm³/mol. The Balaban J connectivity index is 1.75. The van der Waals surface area contributed by atoms with Crippen LogP contribution in [-0.4, -0.2) is 40.7 Å². The Morgan fingerprint density at radius 3 is 3.00 bits per heavy atom. The molecule has 1 amide bonds. The molecule has 2 aliphatic rings. The fourth-order valence-corrected chi connectivity index (χ4v) is 3.47. The highest BCUT2D eigenvalue weighted by molar-refractivity contribution is 5.92. The molecule has 4 nitrogen and oxygen atoms in total. The van der Waals surface area contributed by atoms with Gasteiger partial charge in [0.1, 0.15) is 5.69 Å². The molecular weight excluding hydrogens is 240 g/mol. The first-order chi connectivity index (χ1) is 9.10. The van der Waals surface area contributed by atoms with Gasteiger partial charge in [0.25, 0.3) is 5.91 Å². The van der Waals surface area contributed by atoms with Crippen LogP contribution in [0.2, 0.25) is 0 Å². The summed E-state index contributed by atoms with van der Waals surface area (Å²) < 4.78 is 7.91. The summed E-state index contributed by atoms with van der Waals surface area (Å²) in [5.41, 5.74) is 0.696. The molecule has 1 aromatic rings. The third-order valence-electron chi connectivity index (χ3n) is 4.38. The maximum absolute atomic E-state index is 12.6. The zero-order valence-electron chi connectivity index (χ0n) is 11.8. The van der Waals surface area contributed by atoms with Gasteiger partial charge in [-0.3, -0.25) is 4.79 Å². The molecule has 1 aromatic heterocycles. The molecule has 3 heterocycles. The van der Waals surface area contributed by atoms with Crippen LogP contribution in [0.25, 0.3) is 0 Å². The summed E-state index contributed by atoms with van der Waals surface area (Å²) in [6.07, 6.45) is 5.14. The normalized spacial score (nSPS) is 31.1. The van der Waals surface area contributed by atoms with Crippen molar-refractivity contribution in [3.63, 3.8) is 0 Å². The summed E-state index contributed by atoms with van der Waals surface area (Å²) >= 11 is 0. The van der Waals surface area contributed by atoms with Gasteiger partial charge in [0.2, 0.25) is 0 Å². The largest absolute Gasteiger partial charge is 0.373 e. The Labute approximate surface area is 114 Å². The van der Waals surface area contributed by atoms with Crippen molar-refractivity contribution in [2.24, 2.45) is 13.0 Å². The van der Waals surface area contributed by atoms with Gasteiger partial charge in [0, 0.05) is 19.8 Å². The molecule has 0 aromatic carbocycles. The molecule has 0 aliphatic carbocycles. The number of carbonyl (C=O) groups is 1. The van der Waals surface area contributed by atoms with Crippen molar-refractivity contribution in [1.82, 2.24) is 9.47 Å². The van der Waals surface area contributed by atoms with Crippen molar-refractivity contribution in [1.29, 1.82) is 0 Å². The topological polar surface area (TPSA) is 34.5 Å². The van der Waals surface area contributed by atoms with E-state index in [1.807, 2.05) is 34.8 Å². The van der Waals surface area contributed by atoms with E-state index in [4.69, 9.17) is 4.74 Å². The molecule has 2 saturated heterocycles. The van der Waals surface area contributed by atoms with Crippen LogP contribution in [-0.2, 0) is 11.8 Å². The molecule has 4 heteroatoms. The number of aryl methyl sites for hydroxylation is 1. The van der Waals surface area contributed by atoms with E-state index in [1.54, 1.807) is 0 Å². The third-order valence-corrected chi connectivity index (χ3v) is 4.38. The second kappa shape index (κ2) is 4.67. The number of piperidine rings is 1. The fourth-order valence-electron chi connectivity index (χ4n) is 3.47. The number of carbonyl (C=O) groups excluding carboxylic acids is 1. The molecule has 3 rings (SSSR count). The van der Waals surface area contributed by atoms with Crippen LogP contribution in [0.5, 0.6) is 0 Å². The molecule has 0 saturated carbocycles. The lowest BCUT2D eigenvalue weighted by atomic mass is 9.87. The van der Waals surface area contributed by atoms with Crippen molar-refractivity contribution in [3.8, 4) is 0 Å². The zero-order valence-corrected chi connectivity index (χ0v) is 11.8. The highest BCUT2D eigenvalue weighted by atomic mass is 16.5. The highest BCUT2D eigenvalue weighted by Gasteiger charge is 2.43. The summed E-state index contributed by atoms with van der Waals surface area (Å²) in [5, 5.41) is 0. The van der Waals surface area contributed by atoms with Gasteiger partial charge in [-0.2, -0.15) is 0 Å². The van der Waals surface area contributed by atoms with E-state index in [2.05, 4.69) is 6.92 Å². The summed E-state index contributed by atoms with van der Waals surface area (Å²) in [4.78, 5) is 14.5. The fraction of sp³-hybridized carbons (Fsp3) is 0.667. The Hall–Kier alpha value is -1.29. The smallest absolute Gasteiger partial charge is 0.270 e. The summed E-state index contributed by atoms with van der Waals surface area (Å²) in [6.45, 7) is 4.67. The maximum atomic E-state index is 12.6. The first kappa shape index (κ1) is 12.7. The van der Waals surface area contributed by atoms with Crippen LogP contribution < -0.4 is 0 Å². The third kappa shape index (κ3) is 2.29. The van der Waals surface area contributed by atoms with Gasteiger partial charge in [0.05, 0.1) is 18.8 Å². The number of amides is 1. The number of likely N-dealkylation sites (tertiary alicyclic amines) is 1. The lowest BCUT2D eigenvalue weighted by Crippen LogP contribution is -2.50. The van der Waals surface area contributed by atoms with Gasteiger partial charge in [-0.05, 0) is 37.3 Å². The minimum Gasteiger partial charge on any atom is -0.373 e. The van der Waals surface area contributed by atoms with Crippen LogP contribution in [0.15, 0.2) is 18.3 Å².